The van der Waals surface area contributed by atoms with Crippen molar-refractivity contribution in [2.75, 3.05) is 7.11 Å². The number of benzene rings is 1. The van der Waals surface area contributed by atoms with Crippen LogP contribution in [-0.2, 0) is 21.5 Å². The average molecular weight is 538 g/mol. The highest BCUT2D eigenvalue weighted by molar-refractivity contribution is 8.15. The summed E-state index contributed by atoms with van der Waals surface area (Å²) in [5.41, 5.74) is 0.372. The molecule has 0 radical (unpaired) electrons. The lowest BCUT2D eigenvalue weighted by Gasteiger charge is -2.13. The summed E-state index contributed by atoms with van der Waals surface area (Å²) in [6, 6.07) is 7.77. The molecule has 3 rings (SSSR count). The number of aliphatic carboxylic acids is 1. The number of nitrogens with one attached hydrogen (secondary N) is 1. The second kappa shape index (κ2) is 11.4. The number of amidine groups is 1. The zero-order valence-electron chi connectivity index (χ0n) is 18.8. The summed E-state index contributed by atoms with van der Waals surface area (Å²) in [5.74, 6) is -0.933. The first-order valence-electron chi connectivity index (χ1n) is 10.1. The molecule has 0 spiro atoms. The van der Waals surface area contributed by atoms with Gasteiger partial charge >= 0.3 is 12.1 Å². The number of alkyl halides is 3. The molecule has 1 aliphatic rings. The van der Waals surface area contributed by atoms with Crippen LogP contribution in [0.15, 0.2) is 39.5 Å². The first-order valence-corrected chi connectivity index (χ1v) is 12.0. The molecule has 1 fully saturated rings. The molecular weight excluding hydrogens is 519 g/mol. The SMILES string of the molecule is COc1ccc(C=NN=C2NC(=O)C(CC(=O)O)S2)cc1CSc1nc(C(F)(F)F)cc(C)c1C#N. The van der Waals surface area contributed by atoms with E-state index in [1.807, 2.05) is 6.07 Å². The zero-order chi connectivity index (χ0) is 26.5. The monoisotopic (exact) mass is 537 g/mol. The number of methoxy groups -OCH3 is 1. The van der Waals surface area contributed by atoms with E-state index in [0.29, 0.717) is 16.9 Å². The van der Waals surface area contributed by atoms with Gasteiger partial charge in [0, 0.05) is 11.3 Å². The van der Waals surface area contributed by atoms with Crippen molar-refractivity contribution in [3.63, 3.8) is 0 Å². The largest absolute Gasteiger partial charge is 0.496 e. The van der Waals surface area contributed by atoms with Gasteiger partial charge in [-0.25, -0.2) is 4.98 Å². The number of pyridine rings is 1. The Hall–Kier alpha value is -3.57. The number of carbonyl (C=O) groups excluding carboxylic acids is 1. The van der Waals surface area contributed by atoms with E-state index in [0.717, 1.165) is 29.6 Å². The van der Waals surface area contributed by atoms with Gasteiger partial charge in [0.25, 0.3) is 0 Å². The molecule has 1 aromatic heterocycles. The first kappa shape index (κ1) is 27.0. The minimum Gasteiger partial charge on any atom is -0.496 e. The molecule has 1 saturated heterocycles. The molecule has 9 nitrogen and oxygen atoms in total. The number of rotatable bonds is 8. The van der Waals surface area contributed by atoms with Gasteiger partial charge in [-0.2, -0.15) is 23.5 Å². The molecule has 0 aliphatic carbocycles. The number of carboxylic acids is 1. The fourth-order valence-corrected chi connectivity index (χ4v) is 5.01. The van der Waals surface area contributed by atoms with Crippen LogP contribution in [0.25, 0.3) is 0 Å². The average Bonchev–Trinajstić information content (AvgIpc) is 3.14. The van der Waals surface area contributed by atoms with Gasteiger partial charge in [-0.05, 0) is 42.3 Å². The van der Waals surface area contributed by atoms with Gasteiger partial charge in [0.1, 0.15) is 27.8 Å². The number of carbonyl (C=O) groups is 2. The summed E-state index contributed by atoms with van der Waals surface area (Å²) < 4.78 is 44.9. The fourth-order valence-electron chi connectivity index (χ4n) is 3.06. The standard InChI is InChI=1S/C22H18F3N5O4S2/c1-11-5-17(22(23,24)25)28-20(14(11)8-26)35-10-13-6-12(3-4-15(13)34-2)9-27-30-21-29-19(33)16(36-21)7-18(31)32/h3-6,9,16H,7,10H2,1-2H3,(H,31,32)(H,29,30,33). The predicted molar refractivity (Wildman–Crippen MR) is 128 cm³/mol. The molecule has 0 bridgehead atoms. The number of carboxylic acid groups (broad SMARTS) is 1. The zero-order valence-corrected chi connectivity index (χ0v) is 20.4. The Labute approximate surface area is 211 Å². The summed E-state index contributed by atoms with van der Waals surface area (Å²) in [6.45, 7) is 1.42. The van der Waals surface area contributed by atoms with Crippen molar-refractivity contribution in [2.24, 2.45) is 10.2 Å². The predicted octanol–water partition coefficient (Wildman–Crippen LogP) is 3.98. The van der Waals surface area contributed by atoms with Crippen LogP contribution in [0.4, 0.5) is 13.2 Å². The number of aromatic nitrogens is 1. The lowest BCUT2D eigenvalue weighted by Crippen LogP contribution is -2.26. The Morgan fingerprint density at radius 2 is 2.17 bits per heavy atom. The van der Waals surface area contributed by atoms with E-state index in [9.17, 15) is 28.0 Å². The van der Waals surface area contributed by atoms with Crippen LogP contribution in [0, 0.1) is 18.3 Å². The van der Waals surface area contributed by atoms with E-state index >= 15 is 0 Å². The van der Waals surface area contributed by atoms with E-state index in [1.165, 1.54) is 20.2 Å². The maximum Gasteiger partial charge on any atom is 0.433 e. The Bertz CT molecular complexity index is 1290. The Balaban J connectivity index is 1.78. The minimum absolute atomic E-state index is 0.0396. The lowest BCUT2D eigenvalue weighted by molar-refractivity contribution is -0.141. The number of hydrogen-bond acceptors (Lipinski definition) is 9. The van der Waals surface area contributed by atoms with Crippen LogP contribution >= 0.6 is 23.5 Å². The highest BCUT2D eigenvalue weighted by atomic mass is 32.2. The maximum atomic E-state index is 13.2. The van der Waals surface area contributed by atoms with Crippen LogP contribution in [0.3, 0.4) is 0 Å². The molecule has 0 saturated carbocycles. The molecule has 1 aromatic carbocycles. The quantitative estimate of drug-likeness (QED) is 0.293. The second-order valence-electron chi connectivity index (χ2n) is 7.32. The smallest absolute Gasteiger partial charge is 0.433 e. The molecule has 1 amide bonds. The van der Waals surface area contributed by atoms with Crippen molar-refractivity contribution >= 4 is 46.8 Å². The van der Waals surface area contributed by atoms with Crippen LogP contribution in [0.5, 0.6) is 5.75 Å². The minimum atomic E-state index is -4.64. The molecule has 2 aromatic rings. The van der Waals surface area contributed by atoms with Gasteiger partial charge in [-0.1, -0.05) is 11.8 Å². The number of nitriles is 1. The number of nitrogens with zero attached hydrogens (tertiary/aromatic N) is 4. The summed E-state index contributed by atoms with van der Waals surface area (Å²) >= 11 is 1.94. The number of ether oxygens (including phenoxy) is 1. The van der Waals surface area contributed by atoms with Crippen LogP contribution in [0.2, 0.25) is 0 Å². The molecule has 36 heavy (non-hydrogen) atoms. The van der Waals surface area contributed by atoms with Crippen molar-refractivity contribution in [3.8, 4) is 11.8 Å². The maximum absolute atomic E-state index is 13.2. The molecule has 1 atom stereocenters. The third-order valence-electron chi connectivity index (χ3n) is 4.75. The van der Waals surface area contributed by atoms with E-state index in [2.05, 4.69) is 20.5 Å². The van der Waals surface area contributed by atoms with Gasteiger partial charge in [0.15, 0.2) is 5.17 Å². The molecule has 2 heterocycles. The van der Waals surface area contributed by atoms with Crippen molar-refractivity contribution in [3.05, 3.63) is 52.2 Å². The van der Waals surface area contributed by atoms with Crippen LogP contribution in [-0.4, -0.2) is 45.7 Å². The number of thioether (sulfide) groups is 2. The number of amides is 1. The summed E-state index contributed by atoms with van der Waals surface area (Å²) in [5, 5.41) is 27.8. The van der Waals surface area contributed by atoms with Gasteiger partial charge < -0.3 is 15.2 Å². The van der Waals surface area contributed by atoms with E-state index < -0.39 is 29.0 Å². The Morgan fingerprint density at radius 1 is 1.42 bits per heavy atom. The van der Waals surface area contributed by atoms with Crippen LogP contribution in [0.1, 0.15) is 34.4 Å². The van der Waals surface area contributed by atoms with Crippen LogP contribution < -0.4 is 10.1 Å². The topological polar surface area (TPSA) is 137 Å². The van der Waals surface area contributed by atoms with E-state index in [1.54, 1.807) is 18.2 Å². The normalized spacial score (nSPS) is 16.8. The number of hydrogen-bond donors (Lipinski definition) is 2. The third kappa shape index (κ3) is 6.76. The number of aryl methyl sites for hydroxylation is 1. The molecule has 1 unspecified atom stereocenters. The second-order valence-corrected chi connectivity index (χ2v) is 9.47. The van der Waals surface area contributed by atoms with E-state index in [4.69, 9.17) is 9.84 Å². The van der Waals surface area contributed by atoms with Crippen molar-refractivity contribution < 1.29 is 32.6 Å². The van der Waals surface area contributed by atoms with Crippen molar-refractivity contribution in [1.29, 1.82) is 5.26 Å². The molecule has 188 valence electrons. The Kier molecular flexibility index (Phi) is 8.59. The Morgan fingerprint density at radius 3 is 2.81 bits per heavy atom. The highest BCUT2D eigenvalue weighted by Crippen LogP contribution is 2.35. The van der Waals surface area contributed by atoms with Crippen molar-refractivity contribution in [1.82, 2.24) is 10.3 Å². The van der Waals surface area contributed by atoms with Gasteiger partial charge in [0.05, 0.1) is 25.3 Å². The van der Waals surface area contributed by atoms with E-state index in [-0.39, 0.29) is 33.5 Å². The van der Waals surface area contributed by atoms with Gasteiger partial charge in [0.2, 0.25) is 5.91 Å². The summed E-state index contributed by atoms with van der Waals surface area (Å²) in [6.07, 6.45) is -3.59. The van der Waals surface area contributed by atoms with Gasteiger partial charge in [-0.15, -0.1) is 16.9 Å². The highest BCUT2D eigenvalue weighted by Gasteiger charge is 2.34. The molecule has 1 aliphatic heterocycles. The van der Waals surface area contributed by atoms with Gasteiger partial charge in [-0.3, -0.25) is 9.59 Å². The fraction of sp³-hybridized carbons (Fsp3) is 0.273. The summed E-state index contributed by atoms with van der Waals surface area (Å²) in [7, 11) is 1.45. The summed E-state index contributed by atoms with van der Waals surface area (Å²) in [4.78, 5) is 26.2. The number of halogens is 3. The molecule has 14 heteroatoms. The van der Waals surface area contributed by atoms with Crippen molar-refractivity contribution in [2.45, 2.75) is 35.5 Å². The lowest BCUT2D eigenvalue weighted by atomic mass is 10.1. The molecule has 2 N–H and O–H groups in total. The first-order chi connectivity index (χ1) is 17.0. The third-order valence-corrected chi connectivity index (χ3v) is 6.84. The molecular formula is C22H18F3N5O4S2.